The molecule has 104 valence electrons. The van der Waals surface area contributed by atoms with Crippen molar-refractivity contribution in [1.29, 1.82) is 0 Å². The fourth-order valence-electron chi connectivity index (χ4n) is 2.18. The van der Waals surface area contributed by atoms with E-state index in [0.29, 0.717) is 22.9 Å². The normalized spacial score (nSPS) is 10.5. The summed E-state index contributed by atoms with van der Waals surface area (Å²) >= 11 is 0. The molecule has 0 atom stereocenters. The van der Waals surface area contributed by atoms with Crippen molar-refractivity contribution in [2.45, 2.75) is 0 Å². The summed E-state index contributed by atoms with van der Waals surface area (Å²) in [5.74, 6) is 0.464. The SMILES string of the molecule is Nc1cc(-c2ccc(N)nc2-c2cccc(F)c2)ccn1. The Labute approximate surface area is 121 Å². The molecule has 0 amide bonds. The van der Waals surface area contributed by atoms with Gasteiger partial charge < -0.3 is 11.5 Å². The monoisotopic (exact) mass is 280 g/mol. The van der Waals surface area contributed by atoms with Gasteiger partial charge in [-0.1, -0.05) is 12.1 Å². The molecule has 0 bridgehead atoms. The van der Waals surface area contributed by atoms with E-state index >= 15 is 0 Å². The molecule has 0 radical (unpaired) electrons. The minimum atomic E-state index is -0.322. The molecule has 21 heavy (non-hydrogen) atoms. The first-order valence-electron chi connectivity index (χ1n) is 6.38. The first kappa shape index (κ1) is 13.1. The van der Waals surface area contributed by atoms with Crippen LogP contribution < -0.4 is 11.5 Å². The van der Waals surface area contributed by atoms with Crippen molar-refractivity contribution in [3.63, 3.8) is 0 Å². The smallest absolute Gasteiger partial charge is 0.124 e. The molecular weight excluding hydrogens is 267 g/mol. The molecule has 3 aromatic rings. The number of nitrogens with two attached hydrogens (primary N) is 2. The summed E-state index contributed by atoms with van der Waals surface area (Å²) in [6, 6.07) is 13.4. The Morgan fingerprint density at radius 1 is 0.857 bits per heavy atom. The highest BCUT2D eigenvalue weighted by Crippen LogP contribution is 2.32. The lowest BCUT2D eigenvalue weighted by Gasteiger charge is -2.10. The Kier molecular flexibility index (Phi) is 3.23. The second-order valence-corrected chi connectivity index (χ2v) is 4.61. The van der Waals surface area contributed by atoms with Crippen LogP contribution in [0.2, 0.25) is 0 Å². The molecular formula is C16H13FN4. The van der Waals surface area contributed by atoms with Crippen molar-refractivity contribution >= 4 is 11.6 Å². The van der Waals surface area contributed by atoms with Gasteiger partial charge in [0.1, 0.15) is 17.5 Å². The van der Waals surface area contributed by atoms with E-state index < -0.39 is 0 Å². The van der Waals surface area contributed by atoms with Crippen LogP contribution in [0.5, 0.6) is 0 Å². The predicted octanol–water partition coefficient (Wildman–Crippen LogP) is 3.11. The number of hydrogen-bond acceptors (Lipinski definition) is 4. The molecule has 0 fully saturated rings. The van der Waals surface area contributed by atoms with Gasteiger partial charge in [-0.2, -0.15) is 0 Å². The van der Waals surface area contributed by atoms with E-state index in [1.807, 2.05) is 12.1 Å². The lowest BCUT2D eigenvalue weighted by atomic mass is 10.00. The van der Waals surface area contributed by atoms with Crippen LogP contribution in [0, 0.1) is 5.82 Å². The molecule has 4 N–H and O–H groups in total. The number of benzene rings is 1. The molecule has 1 aromatic carbocycles. The van der Waals surface area contributed by atoms with Gasteiger partial charge in [-0.05, 0) is 42.0 Å². The minimum Gasteiger partial charge on any atom is -0.384 e. The number of nitrogen functional groups attached to an aromatic ring is 2. The Morgan fingerprint density at radius 2 is 1.71 bits per heavy atom. The predicted molar refractivity (Wildman–Crippen MR) is 81.7 cm³/mol. The average Bonchev–Trinajstić information content (AvgIpc) is 2.47. The topological polar surface area (TPSA) is 77.8 Å². The van der Waals surface area contributed by atoms with E-state index in [1.165, 1.54) is 12.1 Å². The van der Waals surface area contributed by atoms with Gasteiger partial charge in [-0.25, -0.2) is 14.4 Å². The third-order valence-corrected chi connectivity index (χ3v) is 3.11. The maximum Gasteiger partial charge on any atom is 0.124 e. The molecule has 0 unspecified atom stereocenters. The molecule has 0 saturated heterocycles. The summed E-state index contributed by atoms with van der Waals surface area (Å²) < 4.78 is 13.5. The second kappa shape index (κ2) is 5.20. The number of nitrogens with zero attached hydrogens (tertiary/aromatic N) is 2. The highest BCUT2D eigenvalue weighted by atomic mass is 19.1. The zero-order chi connectivity index (χ0) is 14.8. The van der Waals surface area contributed by atoms with E-state index in [-0.39, 0.29) is 5.82 Å². The number of aromatic nitrogens is 2. The van der Waals surface area contributed by atoms with Crippen LogP contribution in [0.4, 0.5) is 16.0 Å². The van der Waals surface area contributed by atoms with Gasteiger partial charge in [0.05, 0.1) is 5.69 Å². The quantitative estimate of drug-likeness (QED) is 0.756. The van der Waals surface area contributed by atoms with Gasteiger partial charge in [0.2, 0.25) is 0 Å². The molecule has 2 aromatic heterocycles. The zero-order valence-electron chi connectivity index (χ0n) is 11.1. The standard InChI is InChI=1S/C16H13FN4/c17-12-3-1-2-11(8-12)16-13(4-5-14(18)21-16)10-6-7-20-15(19)9-10/h1-9H,(H2,18,21)(H2,19,20). The molecule has 5 heteroatoms. The minimum absolute atomic E-state index is 0.322. The van der Waals surface area contributed by atoms with Crippen LogP contribution in [0.15, 0.2) is 54.7 Å². The van der Waals surface area contributed by atoms with Crippen LogP contribution in [-0.2, 0) is 0 Å². The van der Waals surface area contributed by atoms with Gasteiger partial charge in [-0.3, -0.25) is 0 Å². The van der Waals surface area contributed by atoms with Crippen molar-refractivity contribution in [3.8, 4) is 22.4 Å². The molecule has 4 nitrogen and oxygen atoms in total. The highest BCUT2D eigenvalue weighted by Gasteiger charge is 2.11. The van der Waals surface area contributed by atoms with E-state index in [4.69, 9.17) is 11.5 Å². The summed E-state index contributed by atoms with van der Waals surface area (Å²) in [5.41, 5.74) is 14.4. The summed E-state index contributed by atoms with van der Waals surface area (Å²) in [6.45, 7) is 0. The molecule has 0 aliphatic carbocycles. The molecule has 3 rings (SSSR count). The number of hydrogen-bond donors (Lipinski definition) is 2. The molecule has 0 spiro atoms. The number of anilines is 2. The number of halogens is 1. The van der Waals surface area contributed by atoms with Gasteiger partial charge >= 0.3 is 0 Å². The van der Waals surface area contributed by atoms with E-state index in [2.05, 4.69) is 9.97 Å². The number of pyridine rings is 2. The first-order valence-corrected chi connectivity index (χ1v) is 6.38. The van der Waals surface area contributed by atoms with Gasteiger partial charge in [0.15, 0.2) is 0 Å². The van der Waals surface area contributed by atoms with Gasteiger partial charge in [0, 0.05) is 17.3 Å². The largest absolute Gasteiger partial charge is 0.384 e. The van der Waals surface area contributed by atoms with Crippen molar-refractivity contribution in [1.82, 2.24) is 9.97 Å². The zero-order valence-corrected chi connectivity index (χ0v) is 11.1. The molecule has 2 heterocycles. The summed E-state index contributed by atoms with van der Waals surface area (Å²) in [6.07, 6.45) is 1.62. The van der Waals surface area contributed by atoms with Crippen molar-refractivity contribution in [2.75, 3.05) is 11.5 Å². The van der Waals surface area contributed by atoms with Crippen LogP contribution in [0.25, 0.3) is 22.4 Å². The van der Waals surface area contributed by atoms with Crippen LogP contribution in [0.3, 0.4) is 0 Å². The Bertz CT molecular complexity index is 802. The number of rotatable bonds is 2. The fourth-order valence-corrected chi connectivity index (χ4v) is 2.18. The lowest BCUT2D eigenvalue weighted by Crippen LogP contribution is -1.96. The van der Waals surface area contributed by atoms with E-state index in [0.717, 1.165) is 11.1 Å². The van der Waals surface area contributed by atoms with Gasteiger partial charge in [-0.15, -0.1) is 0 Å². The Balaban J connectivity index is 2.22. The van der Waals surface area contributed by atoms with Crippen molar-refractivity contribution < 1.29 is 4.39 Å². The van der Waals surface area contributed by atoms with E-state index in [1.54, 1.807) is 30.5 Å². The van der Waals surface area contributed by atoms with Crippen LogP contribution in [0.1, 0.15) is 0 Å². The molecule has 0 aliphatic rings. The summed E-state index contributed by atoms with van der Waals surface area (Å²) in [5, 5.41) is 0. The first-order chi connectivity index (χ1) is 10.1. The maximum absolute atomic E-state index is 13.5. The second-order valence-electron chi connectivity index (χ2n) is 4.61. The third kappa shape index (κ3) is 2.67. The average molecular weight is 280 g/mol. The van der Waals surface area contributed by atoms with Crippen molar-refractivity contribution in [3.05, 3.63) is 60.5 Å². The van der Waals surface area contributed by atoms with Gasteiger partial charge in [0.25, 0.3) is 0 Å². The van der Waals surface area contributed by atoms with Crippen LogP contribution in [-0.4, -0.2) is 9.97 Å². The van der Waals surface area contributed by atoms with Crippen molar-refractivity contribution in [2.24, 2.45) is 0 Å². The highest BCUT2D eigenvalue weighted by molar-refractivity contribution is 5.82. The van der Waals surface area contributed by atoms with E-state index in [9.17, 15) is 4.39 Å². The fraction of sp³-hybridized carbons (Fsp3) is 0. The Morgan fingerprint density at radius 3 is 2.48 bits per heavy atom. The lowest BCUT2D eigenvalue weighted by molar-refractivity contribution is 0.628. The third-order valence-electron chi connectivity index (χ3n) is 3.11. The Hall–Kier alpha value is -2.95. The van der Waals surface area contributed by atoms with Crippen LogP contribution >= 0.6 is 0 Å². The summed E-state index contributed by atoms with van der Waals surface area (Å²) in [7, 11) is 0. The molecule has 0 aliphatic heterocycles. The molecule has 0 saturated carbocycles. The summed E-state index contributed by atoms with van der Waals surface area (Å²) in [4.78, 5) is 8.31. The maximum atomic E-state index is 13.5.